The number of aryl methyl sites for hydroxylation is 1. The number of Topliss-reactive ketones (excluding diaryl/α,β-unsaturated/α-hetero) is 1. The molecular formula is C17H14FNO2. The average molecular weight is 283 g/mol. The Morgan fingerprint density at radius 3 is 2.52 bits per heavy atom. The molecule has 0 aliphatic heterocycles. The molecule has 0 atom stereocenters. The molecule has 0 radical (unpaired) electrons. The highest BCUT2D eigenvalue weighted by atomic mass is 19.1. The first-order valence-corrected chi connectivity index (χ1v) is 6.46. The van der Waals surface area contributed by atoms with Gasteiger partial charge in [0.05, 0.1) is 18.1 Å². The maximum atomic E-state index is 13.6. The van der Waals surface area contributed by atoms with E-state index in [2.05, 4.69) is 6.07 Å². The lowest BCUT2D eigenvalue weighted by Gasteiger charge is -2.11. The van der Waals surface area contributed by atoms with Crippen molar-refractivity contribution in [1.29, 1.82) is 5.26 Å². The van der Waals surface area contributed by atoms with Crippen LogP contribution in [0.25, 0.3) is 0 Å². The van der Waals surface area contributed by atoms with Crippen LogP contribution in [0, 0.1) is 24.1 Å². The lowest BCUT2D eigenvalue weighted by Crippen LogP contribution is -2.00. The van der Waals surface area contributed by atoms with Crippen LogP contribution in [0.4, 0.5) is 4.39 Å². The summed E-state index contributed by atoms with van der Waals surface area (Å²) < 4.78 is 19.2. The van der Waals surface area contributed by atoms with Crippen molar-refractivity contribution in [2.75, 3.05) is 0 Å². The second-order valence-corrected chi connectivity index (χ2v) is 4.73. The van der Waals surface area contributed by atoms with Crippen LogP contribution in [0.2, 0.25) is 0 Å². The third kappa shape index (κ3) is 3.46. The number of halogens is 1. The van der Waals surface area contributed by atoms with Gasteiger partial charge in [-0.1, -0.05) is 12.1 Å². The van der Waals surface area contributed by atoms with Crippen molar-refractivity contribution in [3.63, 3.8) is 0 Å². The molecule has 0 unspecified atom stereocenters. The van der Waals surface area contributed by atoms with Crippen molar-refractivity contribution in [2.24, 2.45) is 0 Å². The third-order valence-electron chi connectivity index (χ3n) is 3.07. The summed E-state index contributed by atoms with van der Waals surface area (Å²) in [5.41, 5.74) is 1.50. The van der Waals surface area contributed by atoms with Crippen LogP contribution in [0.1, 0.15) is 28.4 Å². The number of benzene rings is 2. The second-order valence-electron chi connectivity index (χ2n) is 4.73. The molecule has 2 rings (SSSR count). The van der Waals surface area contributed by atoms with E-state index in [-0.39, 0.29) is 11.3 Å². The summed E-state index contributed by atoms with van der Waals surface area (Å²) in [6.07, 6.45) is 0.328. The minimum Gasteiger partial charge on any atom is -0.457 e. The van der Waals surface area contributed by atoms with Crippen molar-refractivity contribution < 1.29 is 13.9 Å². The van der Waals surface area contributed by atoms with Crippen molar-refractivity contribution >= 4 is 5.78 Å². The molecule has 106 valence electrons. The largest absolute Gasteiger partial charge is 0.457 e. The Morgan fingerprint density at radius 2 is 1.95 bits per heavy atom. The molecule has 0 fully saturated rings. The Labute approximate surface area is 122 Å². The standard InChI is InChI=1S/C17H14FNO2/c1-11-9-17(15(12(2)20)10-16(11)18)21-14-5-3-13(4-6-14)7-8-19/h3-6,9-10H,7H2,1-2H3. The van der Waals surface area contributed by atoms with Crippen LogP contribution in [0.3, 0.4) is 0 Å². The molecule has 3 nitrogen and oxygen atoms in total. The van der Waals surface area contributed by atoms with E-state index in [0.717, 1.165) is 5.56 Å². The molecule has 0 aromatic heterocycles. The van der Waals surface area contributed by atoms with Gasteiger partial charge < -0.3 is 4.74 Å². The topological polar surface area (TPSA) is 50.1 Å². The highest BCUT2D eigenvalue weighted by Gasteiger charge is 2.13. The minimum absolute atomic E-state index is 0.208. The second kappa shape index (κ2) is 6.19. The molecule has 0 aliphatic rings. The van der Waals surface area contributed by atoms with E-state index in [1.165, 1.54) is 19.1 Å². The molecule has 0 bridgehead atoms. The average Bonchev–Trinajstić information content (AvgIpc) is 2.44. The van der Waals surface area contributed by atoms with Crippen molar-refractivity contribution in [1.82, 2.24) is 0 Å². The van der Waals surface area contributed by atoms with Gasteiger partial charge in [0.2, 0.25) is 0 Å². The highest BCUT2D eigenvalue weighted by molar-refractivity contribution is 5.97. The molecular weight excluding hydrogens is 269 g/mol. The summed E-state index contributed by atoms with van der Waals surface area (Å²) in [6.45, 7) is 2.98. The van der Waals surface area contributed by atoms with Gasteiger partial charge in [0.15, 0.2) is 5.78 Å². The van der Waals surface area contributed by atoms with Gasteiger partial charge in [0.25, 0.3) is 0 Å². The van der Waals surface area contributed by atoms with Crippen LogP contribution in [0.5, 0.6) is 11.5 Å². The zero-order valence-corrected chi connectivity index (χ0v) is 11.8. The van der Waals surface area contributed by atoms with E-state index in [4.69, 9.17) is 10.00 Å². The summed E-state index contributed by atoms with van der Waals surface area (Å²) in [4.78, 5) is 11.6. The van der Waals surface area contributed by atoms with E-state index in [9.17, 15) is 9.18 Å². The molecule has 21 heavy (non-hydrogen) atoms. The molecule has 0 heterocycles. The molecule has 4 heteroatoms. The van der Waals surface area contributed by atoms with Crippen LogP contribution in [-0.2, 0) is 6.42 Å². The van der Waals surface area contributed by atoms with E-state index in [1.807, 2.05) is 0 Å². The molecule has 2 aromatic carbocycles. The third-order valence-corrected chi connectivity index (χ3v) is 3.07. The maximum absolute atomic E-state index is 13.6. The van der Waals surface area contributed by atoms with E-state index in [1.54, 1.807) is 31.2 Å². The Bertz CT molecular complexity index is 715. The number of carbonyl (C=O) groups is 1. The molecule has 0 saturated heterocycles. The first-order chi connectivity index (χ1) is 10.0. The predicted molar refractivity (Wildman–Crippen MR) is 77.0 cm³/mol. The normalized spacial score (nSPS) is 10.0. The molecule has 0 N–H and O–H groups in total. The van der Waals surface area contributed by atoms with E-state index >= 15 is 0 Å². The molecule has 0 spiro atoms. The van der Waals surface area contributed by atoms with Crippen molar-refractivity contribution in [3.8, 4) is 17.6 Å². The molecule has 0 amide bonds. The smallest absolute Gasteiger partial charge is 0.163 e. The van der Waals surface area contributed by atoms with Gasteiger partial charge in [-0.25, -0.2) is 4.39 Å². The lowest BCUT2D eigenvalue weighted by atomic mass is 10.1. The molecule has 2 aromatic rings. The summed E-state index contributed by atoms with van der Waals surface area (Å²) in [5, 5.41) is 8.62. The van der Waals surface area contributed by atoms with Crippen molar-refractivity contribution in [2.45, 2.75) is 20.3 Å². The number of carbonyl (C=O) groups excluding carboxylic acids is 1. The Hall–Kier alpha value is -2.67. The highest BCUT2D eigenvalue weighted by Crippen LogP contribution is 2.28. The van der Waals surface area contributed by atoms with Gasteiger partial charge >= 0.3 is 0 Å². The number of hydrogen-bond acceptors (Lipinski definition) is 3. The fourth-order valence-corrected chi connectivity index (χ4v) is 1.91. The summed E-state index contributed by atoms with van der Waals surface area (Å²) in [7, 11) is 0. The minimum atomic E-state index is -0.433. The maximum Gasteiger partial charge on any atom is 0.163 e. The number of ketones is 1. The monoisotopic (exact) mass is 283 g/mol. The van der Waals surface area contributed by atoms with Gasteiger partial charge in [-0.15, -0.1) is 0 Å². The Balaban J connectivity index is 2.32. The lowest BCUT2D eigenvalue weighted by molar-refractivity contribution is 0.101. The van der Waals surface area contributed by atoms with Gasteiger partial charge in [0, 0.05) is 0 Å². The number of nitriles is 1. The van der Waals surface area contributed by atoms with Gasteiger partial charge in [-0.3, -0.25) is 4.79 Å². The number of nitrogens with zero attached hydrogens (tertiary/aromatic N) is 1. The fraction of sp³-hybridized carbons (Fsp3) is 0.176. The summed E-state index contributed by atoms with van der Waals surface area (Å²) >= 11 is 0. The number of rotatable bonds is 4. The SMILES string of the molecule is CC(=O)c1cc(F)c(C)cc1Oc1ccc(CC#N)cc1. The summed E-state index contributed by atoms with van der Waals surface area (Å²) in [6, 6.07) is 11.8. The van der Waals surface area contributed by atoms with Crippen LogP contribution in [0.15, 0.2) is 36.4 Å². The molecule has 0 saturated carbocycles. The Morgan fingerprint density at radius 1 is 1.29 bits per heavy atom. The van der Waals surface area contributed by atoms with Gasteiger partial charge in [0.1, 0.15) is 17.3 Å². The van der Waals surface area contributed by atoms with Gasteiger partial charge in [-0.05, 0) is 49.2 Å². The number of ether oxygens (including phenoxy) is 1. The van der Waals surface area contributed by atoms with E-state index < -0.39 is 5.82 Å². The Kier molecular flexibility index (Phi) is 4.34. The zero-order valence-electron chi connectivity index (χ0n) is 11.8. The van der Waals surface area contributed by atoms with Crippen molar-refractivity contribution in [3.05, 3.63) is 58.9 Å². The quantitative estimate of drug-likeness (QED) is 0.790. The first-order valence-electron chi connectivity index (χ1n) is 6.46. The predicted octanol–water partition coefficient (Wildman–Crippen LogP) is 4.20. The fourth-order valence-electron chi connectivity index (χ4n) is 1.91. The van der Waals surface area contributed by atoms with Gasteiger partial charge in [-0.2, -0.15) is 5.26 Å². The van der Waals surface area contributed by atoms with Crippen LogP contribution < -0.4 is 4.74 Å². The first kappa shape index (κ1) is 14.7. The van der Waals surface area contributed by atoms with Crippen LogP contribution in [-0.4, -0.2) is 5.78 Å². The zero-order chi connectivity index (χ0) is 15.4. The van der Waals surface area contributed by atoms with Crippen LogP contribution >= 0.6 is 0 Å². The number of hydrogen-bond donors (Lipinski definition) is 0. The summed E-state index contributed by atoms with van der Waals surface area (Å²) in [5.74, 6) is 0.168. The molecule has 0 aliphatic carbocycles. The van der Waals surface area contributed by atoms with E-state index in [0.29, 0.717) is 23.5 Å².